The van der Waals surface area contributed by atoms with Crippen LogP contribution in [0.3, 0.4) is 0 Å². The molecule has 1 heterocycles. The molecule has 0 aliphatic carbocycles. The summed E-state index contributed by atoms with van der Waals surface area (Å²) in [4.78, 5) is 18.6. The molecule has 0 radical (unpaired) electrons. The average Bonchev–Trinajstić information content (AvgIpc) is 2.46. The number of hydrogen-bond acceptors (Lipinski definition) is 4. The molecule has 0 fully saturated rings. The van der Waals surface area contributed by atoms with Crippen molar-refractivity contribution in [3.05, 3.63) is 70.2 Å². The van der Waals surface area contributed by atoms with Gasteiger partial charge in [-0.2, -0.15) is 0 Å². The molecular weight excluding hydrogens is 344 g/mol. The van der Waals surface area contributed by atoms with E-state index in [-0.39, 0.29) is 11.5 Å². The maximum absolute atomic E-state index is 12.6. The Labute approximate surface area is 138 Å². The summed E-state index contributed by atoms with van der Waals surface area (Å²) >= 11 is 3.29. The van der Waals surface area contributed by atoms with Crippen molar-refractivity contribution in [3.63, 3.8) is 0 Å². The van der Waals surface area contributed by atoms with Crippen molar-refractivity contribution < 1.29 is 9.53 Å². The van der Waals surface area contributed by atoms with Crippen molar-refractivity contribution in [2.45, 2.75) is 6.92 Å². The van der Waals surface area contributed by atoms with Crippen molar-refractivity contribution >= 4 is 21.7 Å². The summed E-state index contributed by atoms with van der Waals surface area (Å²) in [6, 6.07) is 12.7. The summed E-state index contributed by atoms with van der Waals surface area (Å²) in [6.45, 7) is 1.98. The van der Waals surface area contributed by atoms with Crippen LogP contribution in [-0.4, -0.2) is 29.8 Å². The van der Waals surface area contributed by atoms with Crippen molar-refractivity contribution in [2.24, 2.45) is 0 Å². The molecule has 0 atom stereocenters. The molecular formula is C17H17BrN2O2. The Morgan fingerprint density at radius 2 is 1.86 bits per heavy atom. The topological polar surface area (TPSA) is 42.4 Å². The lowest BCUT2D eigenvalue weighted by molar-refractivity contribution is 0.0980. The van der Waals surface area contributed by atoms with Gasteiger partial charge in [0.1, 0.15) is 4.60 Å². The normalized spacial score (nSPS) is 11.2. The van der Waals surface area contributed by atoms with Crippen LogP contribution in [0.2, 0.25) is 0 Å². The maximum atomic E-state index is 12.6. The molecule has 0 aliphatic heterocycles. The van der Waals surface area contributed by atoms with E-state index >= 15 is 0 Å². The Balaban J connectivity index is 2.30. The third-order valence-electron chi connectivity index (χ3n) is 2.82. The number of pyridine rings is 1. The summed E-state index contributed by atoms with van der Waals surface area (Å²) in [5.41, 5.74) is 1.68. The van der Waals surface area contributed by atoms with Crippen LogP contribution < -0.4 is 4.74 Å². The van der Waals surface area contributed by atoms with Gasteiger partial charge < -0.3 is 9.64 Å². The van der Waals surface area contributed by atoms with Crippen LogP contribution in [0.15, 0.2) is 59.0 Å². The van der Waals surface area contributed by atoms with Gasteiger partial charge in [0, 0.05) is 31.9 Å². The highest BCUT2D eigenvalue weighted by Crippen LogP contribution is 2.18. The first-order chi connectivity index (χ1) is 10.5. The summed E-state index contributed by atoms with van der Waals surface area (Å²) < 4.78 is 6.33. The lowest BCUT2D eigenvalue weighted by Gasteiger charge is -2.12. The lowest BCUT2D eigenvalue weighted by atomic mass is 10.1. The van der Waals surface area contributed by atoms with Gasteiger partial charge >= 0.3 is 0 Å². The number of ketones is 1. The minimum absolute atomic E-state index is 0.185. The van der Waals surface area contributed by atoms with Crippen LogP contribution in [0, 0.1) is 6.92 Å². The maximum Gasteiger partial charge on any atom is 0.229 e. The highest BCUT2D eigenvalue weighted by molar-refractivity contribution is 9.10. The SMILES string of the molecule is Cc1ccc(C(=O)C(=CN(C)C)Oc2cccc(Br)n2)cc1. The number of carbonyl (C=O) groups is 1. The van der Waals surface area contributed by atoms with Gasteiger partial charge in [-0.3, -0.25) is 4.79 Å². The van der Waals surface area contributed by atoms with Gasteiger partial charge in [0.2, 0.25) is 11.7 Å². The Kier molecular flexibility index (Phi) is 5.33. The Morgan fingerprint density at radius 3 is 2.45 bits per heavy atom. The van der Waals surface area contributed by atoms with Gasteiger partial charge in [-0.05, 0) is 28.9 Å². The third-order valence-corrected chi connectivity index (χ3v) is 3.26. The molecule has 2 aromatic rings. The number of halogens is 1. The molecule has 0 aliphatic rings. The summed E-state index contributed by atoms with van der Waals surface area (Å²) in [6.07, 6.45) is 1.64. The number of rotatable bonds is 5. The Morgan fingerprint density at radius 1 is 1.18 bits per heavy atom. The molecule has 0 saturated carbocycles. The first kappa shape index (κ1) is 16.2. The third kappa shape index (κ3) is 4.43. The fraction of sp³-hybridized carbons (Fsp3) is 0.176. The first-order valence-electron chi connectivity index (χ1n) is 6.76. The minimum Gasteiger partial charge on any atom is -0.433 e. The van der Waals surface area contributed by atoms with Crippen LogP contribution in [0.25, 0.3) is 0 Å². The molecule has 0 bridgehead atoms. The molecule has 0 saturated heterocycles. The second kappa shape index (κ2) is 7.22. The molecule has 1 aromatic carbocycles. The number of hydrogen-bond donors (Lipinski definition) is 0. The zero-order chi connectivity index (χ0) is 16.1. The average molecular weight is 361 g/mol. The number of carbonyl (C=O) groups excluding carboxylic acids is 1. The predicted octanol–water partition coefficient (Wildman–Crippen LogP) is 3.82. The summed E-state index contributed by atoms with van der Waals surface area (Å²) in [5.74, 6) is 0.401. The number of Topliss-reactive ketones (excluding diaryl/α,β-unsaturated/α-hetero) is 1. The van der Waals surface area contributed by atoms with Gasteiger partial charge in [-0.15, -0.1) is 0 Å². The second-order valence-electron chi connectivity index (χ2n) is 5.05. The highest BCUT2D eigenvalue weighted by atomic mass is 79.9. The van der Waals surface area contributed by atoms with E-state index in [1.54, 1.807) is 41.4 Å². The van der Waals surface area contributed by atoms with Crippen LogP contribution in [0.4, 0.5) is 0 Å². The fourth-order valence-electron chi connectivity index (χ4n) is 1.77. The summed E-state index contributed by atoms with van der Waals surface area (Å²) in [5, 5.41) is 0. The lowest BCUT2D eigenvalue weighted by Crippen LogP contribution is -2.15. The largest absolute Gasteiger partial charge is 0.433 e. The standard InChI is InChI=1S/C17H17BrN2O2/c1-12-7-9-13(10-8-12)17(21)14(11-20(2)3)22-16-6-4-5-15(18)19-16/h4-11H,1-3H3. The Bertz CT molecular complexity index is 694. The van der Waals surface area contributed by atoms with E-state index < -0.39 is 0 Å². The number of aryl methyl sites for hydroxylation is 1. The molecule has 0 unspecified atom stereocenters. The van der Waals surface area contributed by atoms with Gasteiger partial charge in [-0.1, -0.05) is 35.9 Å². The van der Waals surface area contributed by atoms with E-state index in [0.717, 1.165) is 5.56 Å². The van der Waals surface area contributed by atoms with E-state index in [2.05, 4.69) is 20.9 Å². The molecule has 0 N–H and O–H groups in total. The minimum atomic E-state index is -0.185. The van der Waals surface area contributed by atoms with Crippen LogP contribution in [0.1, 0.15) is 15.9 Å². The predicted molar refractivity (Wildman–Crippen MR) is 89.8 cm³/mol. The van der Waals surface area contributed by atoms with E-state index in [9.17, 15) is 4.79 Å². The number of benzene rings is 1. The van der Waals surface area contributed by atoms with Crippen LogP contribution in [0.5, 0.6) is 5.88 Å². The van der Waals surface area contributed by atoms with Crippen LogP contribution in [-0.2, 0) is 0 Å². The zero-order valence-corrected chi connectivity index (χ0v) is 14.3. The highest BCUT2D eigenvalue weighted by Gasteiger charge is 2.16. The van der Waals surface area contributed by atoms with Crippen molar-refractivity contribution in [1.29, 1.82) is 0 Å². The monoisotopic (exact) mass is 360 g/mol. The zero-order valence-electron chi connectivity index (χ0n) is 12.7. The molecule has 0 amide bonds. The van der Waals surface area contributed by atoms with E-state index in [1.165, 1.54) is 0 Å². The molecule has 4 nitrogen and oxygen atoms in total. The number of aromatic nitrogens is 1. The summed E-state index contributed by atoms with van der Waals surface area (Å²) in [7, 11) is 3.67. The number of allylic oxidation sites excluding steroid dienone is 1. The molecule has 0 spiro atoms. The van der Waals surface area contributed by atoms with Gasteiger partial charge in [0.05, 0.1) is 0 Å². The first-order valence-corrected chi connectivity index (χ1v) is 7.55. The molecule has 114 valence electrons. The number of ether oxygens (including phenoxy) is 1. The van der Waals surface area contributed by atoms with Crippen LogP contribution >= 0.6 is 15.9 Å². The van der Waals surface area contributed by atoms with E-state index in [4.69, 9.17) is 4.74 Å². The molecule has 2 rings (SSSR count). The van der Waals surface area contributed by atoms with Crippen molar-refractivity contribution in [3.8, 4) is 5.88 Å². The molecule has 1 aromatic heterocycles. The van der Waals surface area contributed by atoms with Crippen molar-refractivity contribution in [2.75, 3.05) is 14.1 Å². The molecule has 5 heteroatoms. The van der Waals surface area contributed by atoms with Gasteiger partial charge in [-0.25, -0.2) is 4.98 Å². The van der Waals surface area contributed by atoms with Gasteiger partial charge in [0.25, 0.3) is 0 Å². The second-order valence-corrected chi connectivity index (χ2v) is 5.87. The van der Waals surface area contributed by atoms with Gasteiger partial charge in [0.15, 0.2) is 5.76 Å². The van der Waals surface area contributed by atoms with E-state index in [0.29, 0.717) is 16.0 Å². The quantitative estimate of drug-likeness (QED) is 0.352. The fourth-order valence-corrected chi connectivity index (χ4v) is 2.10. The smallest absolute Gasteiger partial charge is 0.229 e. The van der Waals surface area contributed by atoms with Crippen molar-refractivity contribution in [1.82, 2.24) is 9.88 Å². The van der Waals surface area contributed by atoms with E-state index in [1.807, 2.05) is 33.2 Å². The molecule has 22 heavy (non-hydrogen) atoms. The number of nitrogens with zero attached hydrogens (tertiary/aromatic N) is 2. The Hall–Kier alpha value is -2.14.